The highest BCUT2D eigenvalue weighted by atomic mass is 35.5. The Morgan fingerprint density at radius 1 is 1.25 bits per heavy atom. The van der Waals surface area contributed by atoms with E-state index >= 15 is 0 Å². The maximum Gasteiger partial charge on any atom is 0.177 e. The molecular formula is C25H23ClFN9. The zero-order chi connectivity index (χ0) is 24.6. The molecule has 3 atom stereocenters. The molecule has 1 saturated carbocycles. The molecule has 3 N–H and O–H groups in total. The van der Waals surface area contributed by atoms with Gasteiger partial charge >= 0.3 is 0 Å². The van der Waals surface area contributed by atoms with Crippen molar-refractivity contribution in [3.05, 3.63) is 59.4 Å². The van der Waals surface area contributed by atoms with E-state index in [4.69, 9.17) is 27.3 Å². The topological polar surface area (TPSA) is 114 Å². The number of halogens is 2. The van der Waals surface area contributed by atoms with Crippen LogP contribution in [0, 0.1) is 17.7 Å². The number of rotatable bonds is 4. The number of aromatic nitrogens is 7. The van der Waals surface area contributed by atoms with E-state index < -0.39 is 5.41 Å². The first-order valence-corrected chi connectivity index (χ1v) is 12.3. The molecule has 1 aliphatic heterocycles. The summed E-state index contributed by atoms with van der Waals surface area (Å²) in [5.74, 6) is 1.02. The lowest BCUT2D eigenvalue weighted by atomic mass is 9.95. The van der Waals surface area contributed by atoms with Crippen molar-refractivity contribution in [3.63, 3.8) is 0 Å². The smallest absolute Gasteiger partial charge is 0.177 e. The predicted molar refractivity (Wildman–Crippen MR) is 135 cm³/mol. The molecule has 11 heteroatoms. The lowest BCUT2D eigenvalue weighted by molar-refractivity contribution is 0.517. The molecule has 4 aromatic heterocycles. The molecule has 36 heavy (non-hydrogen) atoms. The summed E-state index contributed by atoms with van der Waals surface area (Å²) in [4.78, 5) is 16.1. The highest BCUT2D eigenvalue weighted by molar-refractivity contribution is 6.38. The number of piperidine rings is 1. The molecule has 1 saturated heterocycles. The van der Waals surface area contributed by atoms with E-state index in [1.54, 1.807) is 23.1 Å². The van der Waals surface area contributed by atoms with Crippen LogP contribution in [-0.4, -0.2) is 54.6 Å². The molecule has 0 bridgehead atoms. The van der Waals surface area contributed by atoms with Gasteiger partial charge in [-0.05, 0) is 42.5 Å². The molecule has 2 fully saturated rings. The standard InChI is InChI=1S/C25H23ClFN9/c1-35-10-14-18(34-35)5-4-13(20(14)26)21-22-24(33-32-21)31-19(9-30-22)36-8-6-15-16(11-36)25(15,12-28)23-17(27)3-2-7-29-23/h2-5,7,9-10,15-16H,6,8,11-12,28H2,1H3,(H,31,32,33). The number of hydrogen-bond acceptors (Lipinski definition) is 7. The minimum atomic E-state index is -0.416. The van der Waals surface area contributed by atoms with Gasteiger partial charge in [0.05, 0.1) is 22.4 Å². The SMILES string of the molecule is Cn1cc2c(Cl)c(-c3n[nH]c4nc(N5CCC6C(C5)C6(CN)c5ncccc5F)cnc34)ccc2n1. The average Bonchev–Trinajstić information content (AvgIpc) is 3.12. The van der Waals surface area contributed by atoms with E-state index in [2.05, 4.69) is 25.2 Å². The van der Waals surface area contributed by atoms with Crippen LogP contribution in [0.4, 0.5) is 10.2 Å². The van der Waals surface area contributed by atoms with Crippen LogP contribution in [0.3, 0.4) is 0 Å². The summed E-state index contributed by atoms with van der Waals surface area (Å²) in [7, 11) is 1.86. The summed E-state index contributed by atoms with van der Waals surface area (Å²) in [6.45, 7) is 1.89. The first kappa shape index (κ1) is 21.6. The molecule has 0 radical (unpaired) electrons. The minimum absolute atomic E-state index is 0.223. The van der Waals surface area contributed by atoms with Crippen LogP contribution in [0.2, 0.25) is 5.02 Å². The highest BCUT2D eigenvalue weighted by Crippen LogP contribution is 2.63. The van der Waals surface area contributed by atoms with Gasteiger partial charge in [-0.2, -0.15) is 10.2 Å². The Balaban J connectivity index is 1.20. The molecule has 2 aliphatic rings. The van der Waals surface area contributed by atoms with E-state index in [9.17, 15) is 4.39 Å². The molecule has 5 heterocycles. The Hall–Kier alpha value is -3.63. The number of fused-ring (bicyclic) bond motifs is 3. The Kier molecular flexibility index (Phi) is 4.62. The number of pyridine rings is 1. The van der Waals surface area contributed by atoms with Gasteiger partial charge in [0.2, 0.25) is 0 Å². The zero-order valence-electron chi connectivity index (χ0n) is 19.5. The third kappa shape index (κ3) is 2.94. The monoisotopic (exact) mass is 503 g/mol. The van der Waals surface area contributed by atoms with E-state index in [0.717, 1.165) is 41.8 Å². The fourth-order valence-electron chi connectivity index (χ4n) is 6.16. The average molecular weight is 504 g/mol. The maximum absolute atomic E-state index is 14.6. The van der Waals surface area contributed by atoms with Crippen LogP contribution >= 0.6 is 11.6 Å². The van der Waals surface area contributed by atoms with Crippen molar-refractivity contribution in [1.29, 1.82) is 0 Å². The summed E-state index contributed by atoms with van der Waals surface area (Å²) in [5, 5.41) is 13.4. The molecule has 1 aliphatic carbocycles. The summed E-state index contributed by atoms with van der Waals surface area (Å²) < 4.78 is 16.4. The summed E-state index contributed by atoms with van der Waals surface area (Å²) in [5.41, 5.74) is 9.77. The molecule has 3 unspecified atom stereocenters. The normalized spacial score (nSPS) is 23.4. The van der Waals surface area contributed by atoms with Crippen molar-refractivity contribution in [1.82, 2.24) is 34.9 Å². The van der Waals surface area contributed by atoms with Crippen molar-refractivity contribution >= 4 is 39.5 Å². The molecule has 9 nitrogen and oxygen atoms in total. The number of nitrogens with two attached hydrogens (primary N) is 1. The Bertz CT molecular complexity index is 1650. The molecule has 0 amide bonds. The first-order valence-electron chi connectivity index (χ1n) is 11.9. The summed E-state index contributed by atoms with van der Waals surface area (Å²) in [6.07, 6.45) is 6.20. The van der Waals surface area contributed by atoms with Crippen LogP contribution < -0.4 is 10.6 Å². The van der Waals surface area contributed by atoms with Gasteiger partial charge in [0.15, 0.2) is 5.65 Å². The largest absolute Gasteiger partial charge is 0.355 e. The fourth-order valence-corrected chi connectivity index (χ4v) is 6.46. The Labute approximate surface area is 210 Å². The lowest BCUT2D eigenvalue weighted by Gasteiger charge is -2.26. The van der Waals surface area contributed by atoms with Crippen LogP contribution in [0.15, 0.2) is 42.9 Å². The number of H-pyrrole nitrogens is 1. The number of aryl methyl sites for hydroxylation is 1. The predicted octanol–water partition coefficient (Wildman–Crippen LogP) is 3.45. The highest BCUT2D eigenvalue weighted by Gasteiger charge is 2.67. The molecule has 182 valence electrons. The quantitative estimate of drug-likeness (QED) is 0.386. The second-order valence-electron chi connectivity index (χ2n) is 9.69. The van der Waals surface area contributed by atoms with E-state index in [-0.39, 0.29) is 11.7 Å². The van der Waals surface area contributed by atoms with E-state index in [0.29, 0.717) is 40.0 Å². The molecule has 0 spiro atoms. The number of nitrogens with one attached hydrogen (secondary N) is 1. The third-order valence-corrected chi connectivity index (χ3v) is 8.35. The van der Waals surface area contributed by atoms with Crippen molar-refractivity contribution < 1.29 is 4.39 Å². The van der Waals surface area contributed by atoms with Crippen molar-refractivity contribution in [3.8, 4) is 11.3 Å². The van der Waals surface area contributed by atoms with Gasteiger partial charge in [-0.25, -0.2) is 14.4 Å². The van der Waals surface area contributed by atoms with Gasteiger partial charge in [-0.1, -0.05) is 11.6 Å². The summed E-state index contributed by atoms with van der Waals surface area (Å²) in [6, 6.07) is 6.92. The van der Waals surface area contributed by atoms with Gasteiger partial charge < -0.3 is 10.6 Å². The number of anilines is 1. The number of nitrogens with zero attached hydrogens (tertiary/aromatic N) is 7. The second-order valence-corrected chi connectivity index (χ2v) is 10.1. The molecule has 1 aromatic carbocycles. The lowest BCUT2D eigenvalue weighted by Crippen LogP contribution is -2.33. The van der Waals surface area contributed by atoms with Crippen LogP contribution in [-0.2, 0) is 12.5 Å². The molecule has 5 aromatic rings. The van der Waals surface area contributed by atoms with Gasteiger partial charge in [0, 0.05) is 55.4 Å². The number of aromatic amines is 1. The Morgan fingerprint density at radius 3 is 2.97 bits per heavy atom. The second kappa shape index (κ2) is 7.68. The van der Waals surface area contributed by atoms with E-state index in [1.165, 1.54) is 6.07 Å². The van der Waals surface area contributed by atoms with Gasteiger partial charge in [0.1, 0.15) is 22.8 Å². The minimum Gasteiger partial charge on any atom is -0.355 e. The third-order valence-electron chi connectivity index (χ3n) is 7.94. The molecular weight excluding hydrogens is 481 g/mol. The fraction of sp³-hybridized carbons (Fsp3) is 0.320. The first-order chi connectivity index (χ1) is 17.5. The van der Waals surface area contributed by atoms with Crippen molar-refractivity contribution in [2.75, 3.05) is 24.5 Å². The number of hydrogen-bond donors (Lipinski definition) is 2. The van der Waals surface area contributed by atoms with Gasteiger partial charge in [0.25, 0.3) is 0 Å². The van der Waals surface area contributed by atoms with Gasteiger partial charge in [-0.3, -0.25) is 14.8 Å². The number of benzene rings is 1. The Morgan fingerprint density at radius 2 is 2.14 bits per heavy atom. The van der Waals surface area contributed by atoms with Crippen molar-refractivity contribution in [2.24, 2.45) is 24.6 Å². The van der Waals surface area contributed by atoms with Crippen LogP contribution in [0.5, 0.6) is 0 Å². The molecule has 7 rings (SSSR count). The van der Waals surface area contributed by atoms with Crippen molar-refractivity contribution in [2.45, 2.75) is 11.8 Å². The van der Waals surface area contributed by atoms with E-state index in [1.807, 2.05) is 25.4 Å². The summed E-state index contributed by atoms with van der Waals surface area (Å²) >= 11 is 6.72. The maximum atomic E-state index is 14.6. The van der Waals surface area contributed by atoms with Crippen LogP contribution in [0.25, 0.3) is 33.3 Å². The van der Waals surface area contributed by atoms with Gasteiger partial charge in [-0.15, -0.1) is 0 Å². The zero-order valence-corrected chi connectivity index (χ0v) is 20.2. The van der Waals surface area contributed by atoms with Crippen LogP contribution in [0.1, 0.15) is 12.1 Å².